The van der Waals surface area contributed by atoms with Gasteiger partial charge in [-0.25, -0.2) is 4.39 Å². The maximum Gasteiger partial charge on any atom is 0.132 e. The van der Waals surface area contributed by atoms with Gasteiger partial charge in [0.2, 0.25) is 0 Å². The van der Waals surface area contributed by atoms with E-state index in [1.165, 1.54) is 24.0 Å². The van der Waals surface area contributed by atoms with E-state index >= 15 is 0 Å². The third-order valence-corrected chi connectivity index (χ3v) is 4.23. The first kappa shape index (κ1) is 11.6. The van der Waals surface area contributed by atoms with E-state index in [1.54, 1.807) is 0 Å². The Morgan fingerprint density at radius 3 is 2.88 bits per heavy atom. The summed E-state index contributed by atoms with van der Waals surface area (Å²) in [6.07, 6.45) is 6.49. The summed E-state index contributed by atoms with van der Waals surface area (Å²) in [4.78, 5) is 4.23. The summed E-state index contributed by atoms with van der Waals surface area (Å²) < 4.78 is 12.7. The van der Waals surface area contributed by atoms with Crippen molar-refractivity contribution in [1.29, 1.82) is 0 Å². The maximum atomic E-state index is 12.7. The van der Waals surface area contributed by atoms with Crippen molar-refractivity contribution in [2.75, 3.05) is 0 Å². The largest absolute Gasteiger partial charge is 0.258 e. The number of hydrogen-bond donors (Lipinski definition) is 0. The highest BCUT2D eigenvalue weighted by Gasteiger charge is 2.29. The molecule has 0 fully saturated rings. The molecule has 88 valence electrons. The molecule has 0 spiro atoms. The Balaban J connectivity index is 2.39. The van der Waals surface area contributed by atoms with Crippen molar-refractivity contribution in [2.24, 2.45) is 5.41 Å². The van der Waals surface area contributed by atoms with Gasteiger partial charge >= 0.3 is 0 Å². The number of rotatable bonds is 2. The summed E-state index contributed by atoms with van der Waals surface area (Å²) in [6.45, 7) is 6.16. The molecule has 2 rings (SSSR count). The van der Waals surface area contributed by atoms with Crippen molar-refractivity contribution in [2.45, 2.75) is 53.1 Å². The third-order valence-electron chi connectivity index (χ3n) is 4.23. The topological polar surface area (TPSA) is 12.9 Å². The van der Waals surface area contributed by atoms with Crippen molar-refractivity contribution in [3.8, 4) is 0 Å². The molecule has 0 N–H and O–H groups in total. The molecule has 0 saturated heterocycles. The SMILES string of the molecule is CCC1(C)CCc2c(cnc(CF)c2C)C1. The van der Waals surface area contributed by atoms with Crippen molar-refractivity contribution in [3.05, 3.63) is 28.6 Å². The van der Waals surface area contributed by atoms with E-state index in [9.17, 15) is 4.39 Å². The lowest BCUT2D eigenvalue weighted by Gasteiger charge is -2.34. The lowest BCUT2D eigenvalue weighted by molar-refractivity contribution is 0.266. The van der Waals surface area contributed by atoms with Crippen LogP contribution < -0.4 is 0 Å². The van der Waals surface area contributed by atoms with Crippen LogP contribution in [0.2, 0.25) is 0 Å². The Kier molecular flexibility index (Phi) is 3.00. The van der Waals surface area contributed by atoms with Gasteiger partial charge in [0.05, 0.1) is 5.69 Å². The molecule has 0 radical (unpaired) electrons. The maximum absolute atomic E-state index is 12.7. The van der Waals surface area contributed by atoms with E-state index in [1.807, 2.05) is 13.1 Å². The van der Waals surface area contributed by atoms with E-state index in [4.69, 9.17) is 0 Å². The predicted molar refractivity (Wildman–Crippen MR) is 64.2 cm³/mol. The normalized spacial score (nSPS) is 24.2. The summed E-state index contributed by atoms with van der Waals surface area (Å²) in [5, 5.41) is 0. The van der Waals surface area contributed by atoms with Crippen LogP contribution in [0, 0.1) is 12.3 Å². The van der Waals surface area contributed by atoms with Gasteiger partial charge in [-0.2, -0.15) is 0 Å². The molecule has 2 heteroatoms. The fourth-order valence-electron chi connectivity index (χ4n) is 2.66. The van der Waals surface area contributed by atoms with Crippen LogP contribution in [0.5, 0.6) is 0 Å². The molecule has 1 heterocycles. The Bertz CT molecular complexity index is 400. The van der Waals surface area contributed by atoms with Gasteiger partial charge in [-0.1, -0.05) is 20.3 Å². The van der Waals surface area contributed by atoms with Crippen LogP contribution >= 0.6 is 0 Å². The van der Waals surface area contributed by atoms with E-state index in [-0.39, 0.29) is 0 Å². The number of halogens is 1. The average molecular weight is 221 g/mol. The van der Waals surface area contributed by atoms with Crippen molar-refractivity contribution < 1.29 is 4.39 Å². The molecule has 0 aliphatic heterocycles. The molecule has 1 aliphatic rings. The molecular formula is C14H20FN. The quantitative estimate of drug-likeness (QED) is 0.741. The third kappa shape index (κ3) is 1.85. The zero-order valence-electron chi connectivity index (χ0n) is 10.4. The first-order valence-electron chi connectivity index (χ1n) is 6.12. The standard InChI is InChI=1S/C14H20FN/c1-4-14(3)6-5-12-10(2)13(8-15)16-9-11(12)7-14/h9H,4-8H2,1-3H3. The molecule has 0 amide bonds. The predicted octanol–water partition coefficient (Wildman–Crippen LogP) is 3.76. The van der Waals surface area contributed by atoms with Crippen molar-refractivity contribution in [3.63, 3.8) is 0 Å². The molecule has 0 aromatic carbocycles. The lowest BCUT2D eigenvalue weighted by atomic mass is 9.71. The van der Waals surface area contributed by atoms with Crippen LogP contribution in [0.4, 0.5) is 4.39 Å². The summed E-state index contributed by atoms with van der Waals surface area (Å²) in [7, 11) is 0. The second-order valence-electron chi connectivity index (χ2n) is 5.31. The highest BCUT2D eigenvalue weighted by atomic mass is 19.1. The summed E-state index contributed by atoms with van der Waals surface area (Å²) in [5.41, 5.74) is 4.81. The fraction of sp³-hybridized carbons (Fsp3) is 0.643. The highest BCUT2D eigenvalue weighted by Crippen LogP contribution is 2.38. The molecule has 1 nitrogen and oxygen atoms in total. The van der Waals surface area contributed by atoms with Crippen LogP contribution in [0.3, 0.4) is 0 Å². The number of aromatic nitrogens is 1. The minimum absolute atomic E-state index is 0.415. The Hall–Kier alpha value is -0.920. The van der Waals surface area contributed by atoms with Gasteiger partial charge in [0, 0.05) is 6.20 Å². The number of pyridine rings is 1. The molecule has 1 atom stereocenters. The molecule has 16 heavy (non-hydrogen) atoms. The minimum Gasteiger partial charge on any atom is -0.258 e. The van der Waals surface area contributed by atoms with Crippen LogP contribution in [0.15, 0.2) is 6.20 Å². The van der Waals surface area contributed by atoms with Crippen molar-refractivity contribution >= 4 is 0 Å². The van der Waals surface area contributed by atoms with Gasteiger partial charge in [-0.3, -0.25) is 4.98 Å². The number of alkyl halides is 1. The summed E-state index contributed by atoms with van der Waals surface area (Å²) >= 11 is 0. The average Bonchev–Trinajstić information content (AvgIpc) is 2.29. The molecule has 1 aromatic rings. The monoisotopic (exact) mass is 221 g/mol. The first-order valence-corrected chi connectivity index (χ1v) is 6.12. The van der Waals surface area contributed by atoms with Crippen molar-refractivity contribution in [1.82, 2.24) is 4.98 Å². The molecular weight excluding hydrogens is 201 g/mol. The van der Waals surface area contributed by atoms with Crippen LogP contribution in [-0.2, 0) is 19.5 Å². The van der Waals surface area contributed by atoms with Gasteiger partial charge in [-0.05, 0) is 48.3 Å². The van der Waals surface area contributed by atoms with E-state index in [2.05, 4.69) is 18.8 Å². The Morgan fingerprint density at radius 1 is 1.50 bits per heavy atom. The fourth-order valence-corrected chi connectivity index (χ4v) is 2.66. The van der Waals surface area contributed by atoms with Gasteiger partial charge in [-0.15, -0.1) is 0 Å². The minimum atomic E-state index is -0.440. The Morgan fingerprint density at radius 2 is 2.25 bits per heavy atom. The molecule has 1 unspecified atom stereocenters. The second kappa shape index (κ2) is 4.15. The first-order chi connectivity index (χ1) is 7.59. The summed E-state index contributed by atoms with van der Waals surface area (Å²) in [5.74, 6) is 0. The summed E-state index contributed by atoms with van der Waals surface area (Å²) in [6, 6.07) is 0. The van der Waals surface area contributed by atoms with Gasteiger partial charge < -0.3 is 0 Å². The highest BCUT2D eigenvalue weighted by molar-refractivity contribution is 5.38. The zero-order chi connectivity index (χ0) is 11.8. The van der Waals surface area contributed by atoms with E-state index in [0.717, 1.165) is 18.4 Å². The van der Waals surface area contributed by atoms with Gasteiger partial charge in [0.1, 0.15) is 6.67 Å². The molecule has 1 aliphatic carbocycles. The van der Waals surface area contributed by atoms with Gasteiger partial charge in [0.15, 0.2) is 0 Å². The molecule has 1 aromatic heterocycles. The van der Waals surface area contributed by atoms with E-state index in [0.29, 0.717) is 11.1 Å². The number of hydrogen-bond acceptors (Lipinski definition) is 1. The van der Waals surface area contributed by atoms with Gasteiger partial charge in [0.25, 0.3) is 0 Å². The van der Waals surface area contributed by atoms with Crippen LogP contribution in [0.1, 0.15) is 49.1 Å². The lowest BCUT2D eigenvalue weighted by Crippen LogP contribution is -2.26. The molecule has 0 saturated carbocycles. The Labute approximate surface area is 97.1 Å². The van der Waals surface area contributed by atoms with Crippen LogP contribution in [0.25, 0.3) is 0 Å². The zero-order valence-corrected chi connectivity index (χ0v) is 10.4. The number of fused-ring (bicyclic) bond motifs is 1. The number of nitrogens with zero attached hydrogens (tertiary/aromatic N) is 1. The van der Waals surface area contributed by atoms with E-state index < -0.39 is 6.67 Å². The molecule has 0 bridgehead atoms. The second-order valence-corrected chi connectivity index (χ2v) is 5.31. The smallest absolute Gasteiger partial charge is 0.132 e. The van der Waals surface area contributed by atoms with Crippen LogP contribution in [-0.4, -0.2) is 4.98 Å².